The molecule has 0 aliphatic heterocycles. The molecule has 0 fully saturated rings. The summed E-state index contributed by atoms with van der Waals surface area (Å²) in [5, 5.41) is 7.47. The Labute approximate surface area is 126 Å². The minimum absolute atomic E-state index is 0.225. The van der Waals surface area contributed by atoms with Crippen molar-refractivity contribution in [1.29, 1.82) is 0 Å². The Morgan fingerprint density at radius 2 is 2.19 bits per heavy atom. The quantitative estimate of drug-likeness (QED) is 0.875. The van der Waals surface area contributed by atoms with Crippen LogP contribution in [0.15, 0.2) is 35.3 Å². The minimum Gasteiger partial charge on any atom is -0.384 e. The van der Waals surface area contributed by atoms with E-state index in [2.05, 4.69) is 10.4 Å². The van der Waals surface area contributed by atoms with Crippen LogP contribution in [0.3, 0.4) is 0 Å². The molecule has 0 spiro atoms. The number of benzene rings is 1. The molecule has 3 N–H and O–H groups in total. The number of rotatable bonds is 5. The second-order valence-corrected chi connectivity index (χ2v) is 4.85. The van der Waals surface area contributed by atoms with E-state index in [0.717, 1.165) is 0 Å². The standard InChI is InChI=1S/C14H15ClN4O2/c1-2-17-11-6-13(20)19(18-7-11)8-10-4-3-9(14(16)21)5-12(10)15/h3-7,17H,2,8H2,1H3,(H2,16,21). The van der Waals surface area contributed by atoms with Crippen LogP contribution in [0, 0.1) is 0 Å². The van der Waals surface area contributed by atoms with E-state index in [4.69, 9.17) is 17.3 Å². The monoisotopic (exact) mass is 306 g/mol. The molecule has 0 bridgehead atoms. The first-order chi connectivity index (χ1) is 10.0. The molecule has 6 nitrogen and oxygen atoms in total. The number of hydrogen-bond acceptors (Lipinski definition) is 4. The third kappa shape index (κ3) is 3.61. The second kappa shape index (κ2) is 6.41. The molecule has 0 saturated carbocycles. The Morgan fingerprint density at radius 1 is 1.43 bits per heavy atom. The number of aromatic nitrogens is 2. The van der Waals surface area contributed by atoms with Crippen LogP contribution in [0.2, 0.25) is 5.02 Å². The molecule has 110 valence electrons. The summed E-state index contributed by atoms with van der Waals surface area (Å²) < 4.78 is 1.30. The molecule has 0 aliphatic rings. The van der Waals surface area contributed by atoms with Crippen molar-refractivity contribution >= 4 is 23.2 Å². The first-order valence-corrected chi connectivity index (χ1v) is 6.78. The SMILES string of the molecule is CCNc1cnn(Cc2ccc(C(N)=O)cc2Cl)c(=O)c1. The van der Waals surface area contributed by atoms with Crippen molar-refractivity contribution in [3.63, 3.8) is 0 Å². The predicted molar refractivity (Wildman–Crippen MR) is 81.7 cm³/mol. The fourth-order valence-electron chi connectivity index (χ4n) is 1.84. The number of hydrogen-bond donors (Lipinski definition) is 2. The van der Waals surface area contributed by atoms with Crippen LogP contribution in [0.4, 0.5) is 5.69 Å². The number of nitrogens with two attached hydrogens (primary N) is 1. The molecule has 0 radical (unpaired) electrons. The van der Waals surface area contributed by atoms with Crippen LogP contribution in [-0.4, -0.2) is 22.2 Å². The Hall–Kier alpha value is -2.34. The first-order valence-electron chi connectivity index (χ1n) is 6.40. The summed E-state index contributed by atoms with van der Waals surface area (Å²) in [6, 6.07) is 6.19. The zero-order chi connectivity index (χ0) is 15.4. The van der Waals surface area contributed by atoms with E-state index in [0.29, 0.717) is 28.4 Å². The molecule has 1 heterocycles. The van der Waals surface area contributed by atoms with Gasteiger partial charge in [0.15, 0.2) is 0 Å². The molecule has 0 aliphatic carbocycles. The van der Waals surface area contributed by atoms with E-state index in [1.54, 1.807) is 18.3 Å². The fourth-order valence-corrected chi connectivity index (χ4v) is 2.08. The van der Waals surface area contributed by atoms with Crippen LogP contribution in [0.1, 0.15) is 22.8 Å². The van der Waals surface area contributed by atoms with Crippen molar-refractivity contribution in [2.45, 2.75) is 13.5 Å². The van der Waals surface area contributed by atoms with Crippen molar-refractivity contribution in [1.82, 2.24) is 9.78 Å². The van der Waals surface area contributed by atoms with Gasteiger partial charge in [-0.05, 0) is 24.6 Å². The van der Waals surface area contributed by atoms with Crippen molar-refractivity contribution in [3.8, 4) is 0 Å². The van der Waals surface area contributed by atoms with Crippen LogP contribution in [0.5, 0.6) is 0 Å². The van der Waals surface area contributed by atoms with Gasteiger partial charge in [-0.15, -0.1) is 0 Å². The maximum Gasteiger partial charge on any atom is 0.269 e. The second-order valence-electron chi connectivity index (χ2n) is 4.44. The highest BCUT2D eigenvalue weighted by Crippen LogP contribution is 2.18. The van der Waals surface area contributed by atoms with Gasteiger partial charge in [0.2, 0.25) is 5.91 Å². The number of amides is 1. The molecule has 21 heavy (non-hydrogen) atoms. The summed E-state index contributed by atoms with van der Waals surface area (Å²) in [7, 11) is 0. The summed E-state index contributed by atoms with van der Waals surface area (Å²) in [5.41, 5.74) is 6.64. The molecule has 0 atom stereocenters. The largest absolute Gasteiger partial charge is 0.384 e. The third-order valence-corrected chi connectivity index (χ3v) is 3.26. The van der Waals surface area contributed by atoms with Crippen LogP contribution in [0.25, 0.3) is 0 Å². The van der Waals surface area contributed by atoms with Gasteiger partial charge >= 0.3 is 0 Å². The van der Waals surface area contributed by atoms with Gasteiger partial charge in [-0.1, -0.05) is 17.7 Å². The van der Waals surface area contributed by atoms with Crippen molar-refractivity contribution in [3.05, 3.63) is 57.0 Å². The Bertz CT molecular complexity index is 727. The zero-order valence-electron chi connectivity index (χ0n) is 11.5. The molecule has 1 aromatic carbocycles. The summed E-state index contributed by atoms with van der Waals surface area (Å²) in [5.74, 6) is -0.547. The third-order valence-electron chi connectivity index (χ3n) is 2.91. The van der Waals surface area contributed by atoms with E-state index in [-0.39, 0.29) is 12.1 Å². The molecule has 2 aromatic rings. The van der Waals surface area contributed by atoms with Crippen LogP contribution >= 0.6 is 11.6 Å². The molecule has 0 unspecified atom stereocenters. The summed E-state index contributed by atoms with van der Waals surface area (Å²) in [6.45, 7) is 2.88. The van der Waals surface area contributed by atoms with E-state index in [9.17, 15) is 9.59 Å². The predicted octanol–water partition coefficient (Wildman–Crippen LogP) is 1.48. The van der Waals surface area contributed by atoms with Gasteiger partial charge in [-0.2, -0.15) is 5.10 Å². The fraction of sp³-hybridized carbons (Fsp3) is 0.214. The molecule has 7 heteroatoms. The van der Waals surface area contributed by atoms with Gasteiger partial charge in [0.25, 0.3) is 5.56 Å². The van der Waals surface area contributed by atoms with Gasteiger partial charge in [-0.3, -0.25) is 9.59 Å². The number of carbonyl (C=O) groups is 1. The number of nitrogens with zero attached hydrogens (tertiary/aromatic N) is 2. The molecule has 1 amide bonds. The highest BCUT2D eigenvalue weighted by atomic mass is 35.5. The van der Waals surface area contributed by atoms with Crippen molar-refractivity contribution in [2.75, 3.05) is 11.9 Å². The first kappa shape index (κ1) is 15.1. The molecule has 0 saturated heterocycles. The van der Waals surface area contributed by atoms with Crippen LogP contribution < -0.4 is 16.6 Å². The lowest BCUT2D eigenvalue weighted by molar-refractivity contribution is 0.100. The summed E-state index contributed by atoms with van der Waals surface area (Å²) in [4.78, 5) is 23.0. The van der Waals surface area contributed by atoms with Crippen LogP contribution in [-0.2, 0) is 6.54 Å². The Kier molecular flexibility index (Phi) is 4.59. The van der Waals surface area contributed by atoms with Gasteiger partial charge in [0, 0.05) is 23.2 Å². The minimum atomic E-state index is -0.547. The summed E-state index contributed by atoms with van der Waals surface area (Å²) in [6.07, 6.45) is 1.58. The lowest BCUT2D eigenvalue weighted by Crippen LogP contribution is -2.23. The van der Waals surface area contributed by atoms with Crippen molar-refractivity contribution < 1.29 is 4.79 Å². The number of carbonyl (C=O) groups excluding carboxylic acids is 1. The molecular weight excluding hydrogens is 292 g/mol. The van der Waals surface area contributed by atoms with E-state index in [1.807, 2.05) is 6.92 Å². The molecular formula is C14H15ClN4O2. The Balaban J connectivity index is 2.26. The Morgan fingerprint density at radius 3 is 2.76 bits per heavy atom. The smallest absolute Gasteiger partial charge is 0.269 e. The highest BCUT2D eigenvalue weighted by Gasteiger charge is 2.08. The molecule has 2 rings (SSSR count). The van der Waals surface area contributed by atoms with Gasteiger partial charge in [-0.25, -0.2) is 4.68 Å². The highest BCUT2D eigenvalue weighted by molar-refractivity contribution is 6.31. The van der Waals surface area contributed by atoms with Crippen molar-refractivity contribution in [2.24, 2.45) is 5.73 Å². The number of primary amides is 1. The van der Waals surface area contributed by atoms with E-state index in [1.165, 1.54) is 16.8 Å². The normalized spacial score (nSPS) is 10.4. The maximum atomic E-state index is 11.9. The lowest BCUT2D eigenvalue weighted by Gasteiger charge is -2.09. The number of halogens is 1. The van der Waals surface area contributed by atoms with E-state index >= 15 is 0 Å². The zero-order valence-corrected chi connectivity index (χ0v) is 12.2. The molecule has 1 aromatic heterocycles. The van der Waals surface area contributed by atoms with Gasteiger partial charge in [0.05, 0.1) is 18.4 Å². The average Bonchev–Trinajstić information content (AvgIpc) is 2.43. The van der Waals surface area contributed by atoms with Gasteiger partial charge < -0.3 is 11.1 Å². The van der Waals surface area contributed by atoms with E-state index < -0.39 is 5.91 Å². The summed E-state index contributed by atoms with van der Waals surface area (Å²) >= 11 is 6.09. The lowest BCUT2D eigenvalue weighted by atomic mass is 10.1. The van der Waals surface area contributed by atoms with Gasteiger partial charge in [0.1, 0.15) is 0 Å². The number of anilines is 1. The number of nitrogens with one attached hydrogen (secondary N) is 1. The maximum absolute atomic E-state index is 11.9. The average molecular weight is 307 g/mol. The topological polar surface area (TPSA) is 90.0 Å².